The van der Waals surface area contributed by atoms with Gasteiger partial charge in [-0.15, -0.1) is 0 Å². The van der Waals surface area contributed by atoms with Crippen molar-refractivity contribution in [2.45, 2.75) is 13.5 Å². The predicted molar refractivity (Wildman–Crippen MR) is 68.4 cm³/mol. The van der Waals surface area contributed by atoms with Crippen LogP contribution in [-0.4, -0.2) is 18.1 Å². The maximum Gasteiger partial charge on any atom is 0.251 e. The maximum absolute atomic E-state index is 12.0. The molecule has 1 amide bonds. The summed E-state index contributed by atoms with van der Waals surface area (Å²) in [7, 11) is 1.85. The lowest BCUT2D eigenvalue weighted by Crippen LogP contribution is -2.23. The molecular formula is C13H15N3O2. The van der Waals surface area contributed by atoms with Crippen LogP contribution in [0.5, 0.6) is 0 Å². The molecule has 0 aliphatic heterocycles. The van der Waals surface area contributed by atoms with Crippen LogP contribution in [0.4, 0.5) is 5.69 Å². The van der Waals surface area contributed by atoms with Gasteiger partial charge in [0, 0.05) is 24.4 Å². The zero-order valence-corrected chi connectivity index (χ0v) is 10.4. The topological polar surface area (TPSA) is 67.2 Å². The van der Waals surface area contributed by atoms with Crippen molar-refractivity contribution in [3.05, 3.63) is 47.3 Å². The van der Waals surface area contributed by atoms with E-state index in [4.69, 9.17) is 4.52 Å². The highest BCUT2D eigenvalue weighted by Crippen LogP contribution is 2.14. The van der Waals surface area contributed by atoms with Crippen LogP contribution in [0.15, 0.2) is 35.0 Å². The smallest absolute Gasteiger partial charge is 0.251 e. The average Bonchev–Trinajstić information content (AvgIpc) is 2.88. The van der Waals surface area contributed by atoms with Crippen molar-refractivity contribution in [3.63, 3.8) is 0 Å². The third-order valence-corrected chi connectivity index (χ3v) is 2.67. The van der Waals surface area contributed by atoms with Crippen LogP contribution in [0, 0.1) is 6.92 Å². The Hall–Kier alpha value is -2.30. The van der Waals surface area contributed by atoms with Gasteiger partial charge in [-0.1, -0.05) is 5.16 Å². The van der Waals surface area contributed by atoms with Crippen LogP contribution in [0.3, 0.4) is 0 Å². The predicted octanol–water partition coefficient (Wildman–Crippen LogP) is 1.95. The molecule has 0 radical (unpaired) electrons. The number of hydrogen-bond acceptors (Lipinski definition) is 4. The van der Waals surface area contributed by atoms with E-state index < -0.39 is 0 Å². The third-order valence-electron chi connectivity index (χ3n) is 2.67. The van der Waals surface area contributed by atoms with E-state index >= 15 is 0 Å². The number of benzene rings is 1. The molecule has 0 aliphatic rings. The van der Waals surface area contributed by atoms with Crippen molar-refractivity contribution in [2.75, 3.05) is 12.4 Å². The van der Waals surface area contributed by atoms with Gasteiger partial charge in [0.2, 0.25) is 0 Å². The van der Waals surface area contributed by atoms with Gasteiger partial charge < -0.3 is 15.2 Å². The quantitative estimate of drug-likeness (QED) is 0.864. The Kier molecular flexibility index (Phi) is 3.62. The molecule has 0 aliphatic carbocycles. The molecule has 0 atom stereocenters. The van der Waals surface area contributed by atoms with E-state index in [1.54, 1.807) is 18.3 Å². The van der Waals surface area contributed by atoms with Gasteiger partial charge in [0.25, 0.3) is 5.91 Å². The Morgan fingerprint density at radius 3 is 2.83 bits per heavy atom. The SMILES string of the molecule is CNc1ccc(C(=O)NCc2ccno2)c(C)c1. The fraction of sp³-hybridized carbons (Fsp3) is 0.231. The number of nitrogens with one attached hydrogen (secondary N) is 2. The first-order chi connectivity index (χ1) is 8.70. The molecule has 5 heteroatoms. The fourth-order valence-corrected chi connectivity index (χ4v) is 1.67. The molecule has 0 fully saturated rings. The molecule has 18 heavy (non-hydrogen) atoms. The fourth-order valence-electron chi connectivity index (χ4n) is 1.67. The minimum Gasteiger partial charge on any atom is -0.388 e. The molecule has 0 bridgehead atoms. The molecular weight excluding hydrogens is 230 g/mol. The first-order valence-electron chi connectivity index (χ1n) is 5.67. The first-order valence-corrected chi connectivity index (χ1v) is 5.67. The van der Waals surface area contributed by atoms with Gasteiger partial charge in [-0.05, 0) is 30.7 Å². The molecule has 1 heterocycles. The highest BCUT2D eigenvalue weighted by Gasteiger charge is 2.09. The standard InChI is InChI=1S/C13H15N3O2/c1-9-7-10(14-2)3-4-12(9)13(17)15-8-11-5-6-16-18-11/h3-7,14H,8H2,1-2H3,(H,15,17). The Bertz CT molecular complexity index is 535. The van der Waals surface area contributed by atoms with E-state index in [1.165, 1.54) is 0 Å². The normalized spacial score (nSPS) is 10.1. The molecule has 1 aromatic heterocycles. The molecule has 5 nitrogen and oxygen atoms in total. The van der Waals surface area contributed by atoms with Gasteiger partial charge in [-0.25, -0.2) is 0 Å². The van der Waals surface area contributed by atoms with E-state index in [2.05, 4.69) is 15.8 Å². The Morgan fingerprint density at radius 2 is 2.22 bits per heavy atom. The third kappa shape index (κ3) is 2.68. The average molecular weight is 245 g/mol. The van der Waals surface area contributed by atoms with Crippen LogP contribution >= 0.6 is 0 Å². The van der Waals surface area contributed by atoms with Gasteiger partial charge in [-0.2, -0.15) is 0 Å². The number of rotatable bonds is 4. The van der Waals surface area contributed by atoms with Gasteiger partial charge in [0.05, 0.1) is 12.7 Å². The van der Waals surface area contributed by atoms with Crippen molar-refractivity contribution in [3.8, 4) is 0 Å². The second kappa shape index (κ2) is 5.35. The Labute approximate surface area is 105 Å². The summed E-state index contributed by atoms with van der Waals surface area (Å²) in [6, 6.07) is 7.33. The molecule has 0 unspecified atom stereocenters. The molecule has 2 aromatic rings. The summed E-state index contributed by atoms with van der Waals surface area (Å²) in [6.45, 7) is 2.25. The van der Waals surface area contributed by atoms with Crippen LogP contribution in [0.25, 0.3) is 0 Å². The molecule has 1 aromatic carbocycles. The maximum atomic E-state index is 12.0. The molecule has 0 saturated carbocycles. The monoisotopic (exact) mass is 245 g/mol. The minimum atomic E-state index is -0.119. The largest absolute Gasteiger partial charge is 0.388 e. The number of aromatic nitrogens is 1. The van der Waals surface area contributed by atoms with E-state index in [0.717, 1.165) is 11.3 Å². The van der Waals surface area contributed by atoms with Gasteiger partial charge in [0.1, 0.15) is 0 Å². The van der Waals surface area contributed by atoms with Crippen molar-refractivity contribution < 1.29 is 9.32 Å². The van der Waals surface area contributed by atoms with Gasteiger partial charge in [0.15, 0.2) is 5.76 Å². The zero-order chi connectivity index (χ0) is 13.0. The number of amides is 1. The lowest BCUT2D eigenvalue weighted by Gasteiger charge is -2.08. The van der Waals surface area contributed by atoms with Gasteiger partial charge in [-0.3, -0.25) is 4.79 Å². The summed E-state index contributed by atoms with van der Waals surface area (Å²) >= 11 is 0. The highest BCUT2D eigenvalue weighted by atomic mass is 16.5. The van der Waals surface area contributed by atoms with E-state index in [0.29, 0.717) is 17.9 Å². The summed E-state index contributed by atoms with van der Waals surface area (Å²) in [6.07, 6.45) is 1.55. The van der Waals surface area contributed by atoms with Crippen LogP contribution in [-0.2, 0) is 6.54 Å². The van der Waals surface area contributed by atoms with E-state index in [9.17, 15) is 4.79 Å². The number of anilines is 1. The van der Waals surface area contributed by atoms with Crippen molar-refractivity contribution in [1.29, 1.82) is 0 Å². The molecule has 2 N–H and O–H groups in total. The molecule has 2 rings (SSSR count). The molecule has 94 valence electrons. The lowest BCUT2D eigenvalue weighted by atomic mass is 10.1. The van der Waals surface area contributed by atoms with Crippen LogP contribution < -0.4 is 10.6 Å². The first kappa shape index (κ1) is 12.2. The van der Waals surface area contributed by atoms with Crippen LogP contribution in [0.1, 0.15) is 21.7 Å². The number of carbonyl (C=O) groups is 1. The second-order valence-corrected chi connectivity index (χ2v) is 3.94. The minimum absolute atomic E-state index is 0.119. The van der Waals surface area contributed by atoms with E-state index in [1.807, 2.05) is 26.1 Å². The van der Waals surface area contributed by atoms with Crippen LogP contribution in [0.2, 0.25) is 0 Å². The Balaban J connectivity index is 2.04. The summed E-state index contributed by atoms with van der Waals surface area (Å²) in [5, 5.41) is 9.40. The molecule has 0 saturated heterocycles. The highest BCUT2D eigenvalue weighted by molar-refractivity contribution is 5.95. The number of nitrogens with zero attached hydrogens (tertiary/aromatic N) is 1. The van der Waals surface area contributed by atoms with Crippen molar-refractivity contribution in [2.24, 2.45) is 0 Å². The second-order valence-electron chi connectivity index (χ2n) is 3.94. The molecule has 0 spiro atoms. The van der Waals surface area contributed by atoms with Crippen molar-refractivity contribution >= 4 is 11.6 Å². The lowest BCUT2D eigenvalue weighted by molar-refractivity contribution is 0.0946. The summed E-state index contributed by atoms with van der Waals surface area (Å²) in [4.78, 5) is 12.0. The van der Waals surface area contributed by atoms with Gasteiger partial charge >= 0.3 is 0 Å². The summed E-state index contributed by atoms with van der Waals surface area (Å²) < 4.78 is 4.91. The number of hydrogen-bond donors (Lipinski definition) is 2. The number of carbonyl (C=O) groups excluding carboxylic acids is 1. The van der Waals surface area contributed by atoms with E-state index in [-0.39, 0.29) is 5.91 Å². The summed E-state index contributed by atoms with van der Waals surface area (Å²) in [5.41, 5.74) is 2.57. The zero-order valence-electron chi connectivity index (χ0n) is 10.4. The Morgan fingerprint density at radius 1 is 1.39 bits per heavy atom. The summed E-state index contributed by atoms with van der Waals surface area (Å²) in [5.74, 6) is 0.513. The number of aryl methyl sites for hydroxylation is 1. The van der Waals surface area contributed by atoms with Crippen molar-refractivity contribution in [1.82, 2.24) is 10.5 Å².